The van der Waals surface area contributed by atoms with Crippen molar-refractivity contribution < 1.29 is 9.18 Å². The summed E-state index contributed by atoms with van der Waals surface area (Å²) in [6.45, 7) is 1.82. The molecule has 2 rings (SSSR count). The summed E-state index contributed by atoms with van der Waals surface area (Å²) < 4.78 is 13.2. The quantitative estimate of drug-likeness (QED) is 0.891. The largest absolute Gasteiger partial charge is 0.370 e. The second-order valence-electron chi connectivity index (χ2n) is 4.24. The van der Waals surface area contributed by atoms with E-state index in [9.17, 15) is 9.18 Å². The molecule has 0 atom stereocenters. The zero-order valence-electron chi connectivity index (χ0n) is 9.95. The summed E-state index contributed by atoms with van der Waals surface area (Å²) in [6.07, 6.45) is 1.97. The summed E-state index contributed by atoms with van der Waals surface area (Å²) in [5.74, 6) is -0.811. The van der Waals surface area contributed by atoms with Gasteiger partial charge in [0.15, 0.2) is 0 Å². The average Bonchev–Trinajstić information content (AvgIpc) is 2.83. The van der Waals surface area contributed by atoms with Gasteiger partial charge in [0, 0.05) is 13.1 Å². The maximum absolute atomic E-state index is 13.2. The van der Waals surface area contributed by atoms with E-state index in [1.54, 1.807) is 12.1 Å². The normalized spacial score (nSPS) is 14.3. The molecule has 1 aromatic carbocycles. The van der Waals surface area contributed by atoms with E-state index in [-0.39, 0.29) is 6.42 Å². The predicted molar refractivity (Wildman–Crippen MR) is 66.7 cm³/mol. The average molecular weight is 247 g/mol. The molecule has 1 aliphatic heterocycles. The highest BCUT2D eigenvalue weighted by molar-refractivity contribution is 5.95. The molecule has 94 valence electrons. The maximum Gasteiger partial charge on any atom is 0.238 e. The lowest BCUT2D eigenvalue weighted by Crippen LogP contribution is -2.21. The number of nitrogens with one attached hydrogen (secondary N) is 1. The van der Waals surface area contributed by atoms with E-state index in [2.05, 4.69) is 10.2 Å². The summed E-state index contributed by atoms with van der Waals surface area (Å²) in [6, 6.07) is 6.12. The van der Waals surface area contributed by atoms with Crippen LogP contribution >= 0.6 is 0 Å². The van der Waals surface area contributed by atoms with Crippen LogP contribution < -0.4 is 10.2 Å². The van der Waals surface area contributed by atoms with E-state index in [0.717, 1.165) is 31.6 Å². The van der Waals surface area contributed by atoms with Crippen molar-refractivity contribution >= 4 is 17.3 Å². The number of amides is 1. The van der Waals surface area contributed by atoms with Crippen LogP contribution in [0.1, 0.15) is 19.3 Å². The van der Waals surface area contributed by atoms with Crippen molar-refractivity contribution in [2.75, 3.05) is 23.3 Å². The van der Waals surface area contributed by atoms with E-state index >= 15 is 0 Å². The van der Waals surface area contributed by atoms with E-state index < -0.39 is 11.7 Å². The first kappa shape index (κ1) is 12.4. The standard InChI is InChI=1S/C13H14FN3O/c14-10-3-4-12(17-7-1-2-8-17)11(9-10)16-13(18)5-6-15/h3-4,9H,1-2,5,7-8H2,(H,16,18). The van der Waals surface area contributed by atoms with E-state index in [4.69, 9.17) is 5.26 Å². The number of nitriles is 1. The van der Waals surface area contributed by atoms with Crippen molar-refractivity contribution in [3.8, 4) is 6.07 Å². The molecule has 1 heterocycles. The minimum absolute atomic E-state index is 0.226. The molecule has 0 radical (unpaired) electrons. The smallest absolute Gasteiger partial charge is 0.238 e. The third-order valence-electron chi connectivity index (χ3n) is 2.92. The second-order valence-corrected chi connectivity index (χ2v) is 4.24. The molecule has 0 spiro atoms. The molecule has 1 saturated heterocycles. The summed E-state index contributed by atoms with van der Waals surface area (Å²) in [7, 11) is 0. The Morgan fingerprint density at radius 2 is 2.17 bits per heavy atom. The summed E-state index contributed by atoms with van der Waals surface area (Å²) in [5.41, 5.74) is 1.26. The van der Waals surface area contributed by atoms with Crippen molar-refractivity contribution in [3.63, 3.8) is 0 Å². The van der Waals surface area contributed by atoms with Gasteiger partial charge < -0.3 is 10.2 Å². The molecule has 0 bridgehead atoms. The molecule has 1 aliphatic rings. The Kier molecular flexibility index (Phi) is 3.78. The Balaban J connectivity index is 2.23. The van der Waals surface area contributed by atoms with Gasteiger partial charge in [-0.2, -0.15) is 5.26 Å². The number of carbonyl (C=O) groups excluding carboxylic acids is 1. The van der Waals surface area contributed by atoms with Crippen molar-refractivity contribution in [1.29, 1.82) is 5.26 Å². The van der Waals surface area contributed by atoms with Gasteiger partial charge in [-0.25, -0.2) is 4.39 Å². The van der Waals surface area contributed by atoms with Crippen LogP contribution in [-0.4, -0.2) is 19.0 Å². The highest BCUT2D eigenvalue weighted by Gasteiger charge is 2.17. The zero-order chi connectivity index (χ0) is 13.0. The van der Waals surface area contributed by atoms with E-state index in [1.165, 1.54) is 12.1 Å². The second kappa shape index (κ2) is 5.50. The number of hydrogen-bond acceptors (Lipinski definition) is 3. The summed E-state index contributed by atoms with van der Waals surface area (Å²) >= 11 is 0. The highest BCUT2D eigenvalue weighted by Crippen LogP contribution is 2.29. The third-order valence-corrected chi connectivity index (χ3v) is 2.92. The number of carbonyl (C=O) groups is 1. The van der Waals surface area contributed by atoms with E-state index in [1.807, 2.05) is 0 Å². The lowest BCUT2D eigenvalue weighted by Gasteiger charge is -2.21. The predicted octanol–water partition coefficient (Wildman–Crippen LogP) is 2.28. The number of halogens is 1. The topological polar surface area (TPSA) is 56.1 Å². The fourth-order valence-electron chi connectivity index (χ4n) is 2.11. The molecular formula is C13H14FN3O. The fourth-order valence-corrected chi connectivity index (χ4v) is 2.11. The minimum atomic E-state index is -0.413. The van der Waals surface area contributed by atoms with Crippen LogP contribution in [0.25, 0.3) is 0 Å². The first-order valence-electron chi connectivity index (χ1n) is 5.92. The zero-order valence-corrected chi connectivity index (χ0v) is 9.95. The molecule has 1 aromatic rings. The van der Waals surface area contributed by atoms with Crippen LogP contribution in [0, 0.1) is 17.1 Å². The molecule has 0 aliphatic carbocycles. The SMILES string of the molecule is N#CCC(=O)Nc1cc(F)ccc1N1CCCC1. The molecule has 1 amide bonds. The number of hydrogen-bond donors (Lipinski definition) is 1. The first-order valence-corrected chi connectivity index (χ1v) is 5.92. The van der Waals surface area contributed by atoms with Gasteiger partial charge in [0.1, 0.15) is 12.2 Å². The molecule has 5 heteroatoms. The molecule has 4 nitrogen and oxygen atoms in total. The van der Waals surface area contributed by atoms with Gasteiger partial charge >= 0.3 is 0 Å². The van der Waals surface area contributed by atoms with Crippen molar-refractivity contribution in [3.05, 3.63) is 24.0 Å². The van der Waals surface area contributed by atoms with E-state index in [0.29, 0.717) is 5.69 Å². The minimum Gasteiger partial charge on any atom is -0.370 e. The first-order chi connectivity index (χ1) is 8.70. The van der Waals surface area contributed by atoms with Crippen LogP contribution in [0.2, 0.25) is 0 Å². The van der Waals surface area contributed by atoms with Crippen molar-refractivity contribution in [2.24, 2.45) is 0 Å². The van der Waals surface area contributed by atoms with Crippen LogP contribution in [0.15, 0.2) is 18.2 Å². The molecular weight excluding hydrogens is 233 g/mol. The Morgan fingerprint density at radius 3 is 2.83 bits per heavy atom. The molecule has 0 aromatic heterocycles. The van der Waals surface area contributed by atoms with Crippen LogP contribution in [0.5, 0.6) is 0 Å². The molecule has 1 fully saturated rings. The lowest BCUT2D eigenvalue weighted by atomic mass is 10.2. The van der Waals surface area contributed by atoms with Gasteiger partial charge in [-0.3, -0.25) is 4.79 Å². The van der Waals surface area contributed by atoms with Crippen molar-refractivity contribution in [2.45, 2.75) is 19.3 Å². The van der Waals surface area contributed by atoms with Crippen LogP contribution in [-0.2, 0) is 4.79 Å². The van der Waals surface area contributed by atoms with Crippen LogP contribution in [0.4, 0.5) is 15.8 Å². The monoisotopic (exact) mass is 247 g/mol. The Labute approximate surface area is 105 Å². The lowest BCUT2D eigenvalue weighted by molar-refractivity contribution is -0.115. The molecule has 0 saturated carbocycles. The number of rotatable bonds is 3. The number of anilines is 2. The van der Waals surface area contributed by atoms with Crippen LogP contribution in [0.3, 0.4) is 0 Å². The van der Waals surface area contributed by atoms with Crippen molar-refractivity contribution in [1.82, 2.24) is 0 Å². The summed E-state index contributed by atoms with van der Waals surface area (Å²) in [4.78, 5) is 13.5. The number of benzene rings is 1. The van der Waals surface area contributed by atoms with Gasteiger partial charge in [0.05, 0.1) is 17.4 Å². The third kappa shape index (κ3) is 2.77. The number of nitrogens with zero attached hydrogens (tertiary/aromatic N) is 2. The molecule has 0 unspecified atom stereocenters. The fraction of sp³-hybridized carbons (Fsp3) is 0.385. The molecule has 1 N–H and O–H groups in total. The van der Waals surface area contributed by atoms with Gasteiger partial charge in [-0.05, 0) is 31.0 Å². The molecule has 18 heavy (non-hydrogen) atoms. The Bertz CT molecular complexity index is 489. The summed E-state index contributed by atoms with van der Waals surface area (Å²) in [5, 5.41) is 11.0. The Morgan fingerprint density at radius 1 is 1.44 bits per heavy atom. The Hall–Kier alpha value is -2.09. The van der Waals surface area contributed by atoms with Gasteiger partial charge in [-0.1, -0.05) is 0 Å². The maximum atomic E-state index is 13.2. The van der Waals surface area contributed by atoms with Gasteiger partial charge in [0.25, 0.3) is 0 Å². The van der Waals surface area contributed by atoms with Gasteiger partial charge in [0.2, 0.25) is 5.91 Å². The van der Waals surface area contributed by atoms with Gasteiger partial charge in [-0.15, -0.1) is 0 Å². The highest BCUT2D eigenvalue weighted by atomic mass is 19.1.